The maximum Gasteiger partial charge on any atom is 0.226 e. The van der Waals surface area contributed by atoms with Crippen molar-refractivity contribution in [3.8, 4) is 0 Å². The minimum Gasteiger partial charge on any atom is -0.341 e. The minimum absolute atomic E-state index is 0.351. The second kappa shape index (κ2) is 4.84. The fourth-order valence-corrected chi connectivity index (χ4v) is 5.04. The molecule has 4 rings (SSSR count). The quantitative estimate of drug-likeness (QED) is 0.923. The van der Waals surface area contributed by atoms with Gasteiger partial charge in [0.25, 0.3) is 0 Å². The monoisotopic (exact) mass is 284 g/mol. The van der Waals surface area contributed by atoms with E-state index in [0.29, 0.717) is 18.4 Å². The molecule has 3 nitrogen and oxygen atoms in total. The molecule has 3 fully saturated rings. The standard InChI is InChI=1S/C18H24N2O/c1-20(10-12-4-2-11(9-19)3-5-12)18(21)17-15-13-6-7-14(8-13)16(15)17/h2-5,13-17H,6-10,19H2,1H3. The first-order valence-electron chi connectivity index (χ1n) is 8.22. The number of nitrogens with zero attached hydrogens (tertiary/aromatic N) is 1. The van der Waals surface area contributed by atoms with Gasteiger partial charge in [0.15, 0.2) is 0 Å². The number of hydrogen-bond acceptors (Lipinski definition) is 2. The lowest BCUT2D eigenvalue weighted by molar-refractivity contribution is -0.132. The van der Waals surface area contributed by atoms with Gasteiger partial charge in [0.2, 0.25) is 5.91 Å². The van der Waals surface area contributed by atoms with Gasteiger partial charge < -0.3 is 10.6 Å². The third-order valence-corrected chi connectivity index (χ3v) is 6.08. The number of nitrogens with two attached hydrogens (primary N) is 1. The van der Waals surface area contributed by atoms with Crippen molar-refractivity contribution >= 4 is 5.91 Å². The molecule has 0 saturated heterocycles. The van der Waals surface area contributed by atoms with Crippen LogP contribution in [0.5, 0.6) is 0 Å². The van der Waals surface area contributed by atoms with Gasteiger partial charge in [-0.05, 0) is 54.1 Å². The molecule has 3 saturated carbocycles. The first-order chi connectivity index (χ1) is 10.2. The third kappa shape index (κ3) is 2.10. The number of carbonyl (C=O) groups is 1. The van der Waals surface area contributed by atoms with Gasteiger partial charge in [-0.25, -0.2) is 0 Å². The molecule has 3 aliphatic rings. The molecule has 0 spiro atoms. The normalized spacial score (nSPS) is 35.6. The lowest BCUT2D eigenvalue weighted by Gasteiger charge is -2.19. The van der Waals surface area contributed by atoms with Crippen LogP contribution in [0.3, 0.4) is 0 Å². The predicted octanol–water partition coefficient (Wildman–Crippen LogP) is 2.40. The lowest BCUT2D eigenvalue weighted by atomic mass is 10.0. The van der Waals surface area contributed by atoms with E-state index in [2.05, 4.69) is 24.3 Å². The highest BCUT2D eigenvalue weighted by Gasteiger charge is 2.67. The molecule has 0 aromatic heterocycles. The highest BCUT2D eigenvalue weighted by Crippen LogP contribution is 2.69. The highest BCUT2D eigenvalue weighted by atomic mass is 16.2. The number of fused-ring (bicyclic) bond motifs is 5. The van der Waals surface area contributed by atoms with Gasteiger partial charge in [-0.3, -0.25) is 4.79 Å². The number of amides is 1. The number of hydrogen-bond donors (Lipinski definition) is 1. The fourth-order valence-electron chi connectivity index (χ4n) is 5.04. The molecule has 0 heterocycles. The molecular weight excluding hydrogens is 260 g/mol. The predicted molar refractivity (Wildman–Crippen MR) is 82.1 cm³/mol. The zero-order valence-electron chi connectivity index (χ0n) is 12.7. The Labute approximate surface area is 126 Å². The fraction of sp³-hybridized carbons (Fsp3) is 0.611. The molecule has 4 unspecified atom stereocenters. The summed E-state index contributed by atoms with van der Waals surface area (Å²) in [5.74, 6) is 3.93. The van der Waals surface area contributed by atoms with Crippen molar-refractivity contribution in [2.45, 2.75) is 32.4 Å². The molecule has 1 amide bonds. The Balaban J connectivity index is 1.39. The Morgan fingerprint density at radius 2 is 1.71 bits per heavy atom. The average molecular weight is 284 g/mol. The van der Waals surface area contributed by atoms with Crippen LogP contribution in [0, 0.1) is 29.6 Å². The van der Waals surface area contributed by atoms with Crippen molar-refractivity contribution in [1.29, 1.82) is 0 Å². The van der Waals surface area contributed by atoms with Crippen molar-refractivity contribution in [3.63, 3.8) is 0 Å². The van der Waals surface area contributed by atoms with Crippen LogP contribution in [0.25, 0.3) is 0 Å². The largest absolute Gasteiger partial charge is 0.341 e. The second-order valence-electron chi connectivity index (χ2n) is 7.23. The summed E-state index contributed by atoms with van der Waals surface area (Å²) >= 11 is 0. The van der Waals surface area contributed by atoms with Crippen molar-refractivity contribution in [3.05, 3.63) is 35.4 Å². The Kier molecular flexibility index (Phi) is 3.07. The zero-order valence-corrected chi connectivity index (χ0v) is 12.7. The lowest BCUT2D eigenvalue weighted by Crippen LogP contribution is -2.29. The average Bonchev–Trinajstić information content (AvgIpc) is 2.94. The molecule has 2 bridgehead atoms. The molecule has 1 aromatic carbocycles. The highest BCUT2D eigenvalue weighted by molar-refractivity contribution is 5.82. The van der Waals surface area contributed by atoms with E-state index in [1.807, 2.05) is 11.9 Å². The first kappa shape index (κ1) is 13.3. The van der Waals surface area contributed by atoms with Gasteiger partial charge in [0, 0.05) is 26.1 Å². The van der Waals surface area contributed by atoms with Gasteiger partial charge in [-0.1, -0.05) is 24.3 Å². The summed E-state index contributed by atoms with van der Waals surface area (Å²) in [6, 6.07) is 8.28. The summed E-state index contributed by atoms with van der Waals surface area (Å²) in [6.45, 7) is 1.29. The van der Waals surface area contributed by atoms with E-state index in [-0.39, 0.29) is 0 Å². The molecule has 1 aromatic rings. The zero-order chi connectivity index (χ0) is 14.6. The van der Waals surface area contributed by atoms with Gasteiger partial charge in [0.1, 0.15) is 0 Å². The number of benzene rings is 1. The van der Waals surface area contributed by atoms with Crippen LogP contribution in [0.2, 0.25) is 0 Å². The maximum absolute atomic E-state index is 12.7. The Hall–Kier alpha value is -1.35. The van der Waals surface area contributed by atoms with Crippen LogP contribution >= 0.6 is 0 Å². The molecule has 21 heavy (non-hydrogen) atoms. The van der Waals surface area contributed by atoms with Crippen LogP contribution in [-0.4, -0.2) is 17.9 Å². The maximum atomic E-state index is 12.7. The Morgan fingerprint density at radius 3 is 2.29 bits per heavy atom. The molecule has 3 heteroatoms. The van der Waals surface area contributed by atoms with Crippen LogP contribution < -0.4 is 5.73 Å². The van der Waals surface area contributed by atoms with E-state index in [1.54, 1.807) is 0 Å². The summed E-state index contributed by atoms with van der Waals surface area (Å²) in [5, 5.41) is 0. The molecular formula is C18H24N2O. The van der Waals surface area contributed by atoms with Crippen molar-refractivity contribution in [1.82, 2.24) is 4.90 Å². The van der Waals surface area contributed by atoms with Crippen LogP contribution in [0.1, 0.15) is 30.4 Å². The molecule has 112 valence electrons. The smallest absolute Gasteiger partial charge is 0.226 e. The topological polar surface area (TPSA) is 46.3 Å². The van der Waals surface area contributed by atoms with E-state index in [1.165, 1.54) is 24.8 Å². The Morgan fingerprint density at radius 1 is 1.14 bits per heavy atom. The second-order valence-corrected chi connectivity index (χ2v) is 7.23. The van der Waals surface area contributed by atoms with Crippen LogP contribution in [0.4, 0.5) is 0 Å². The number of carbonyl (C=O) groups excluding carboxylic acids is 1. The molecule has 4 atom stereocenters. The molecule has 3 aliphatic carbocycles. The SMILES string of the molecule is CN(Cc1ccc(CN)cc1)C(=O)C1C2C3CCC(C3)C12. The van der Waals surface area contributed by atoms with Crippen molar-refractivity contribution in [2.24, 2.45) is 35.3 Å². The summed E-state index contributed by atoms with van der Waals surface area (Å²) in [7, 11) is 1.95. The van der Waals surface area contributed by atoms with Gasteiger partial charge in [-0.2, -0.15) is 0 Å². The number of rotatable bonds is 4. The minimum atomic E-state index is 0.351. The van der Waals surface area contributed by atoms with E-state index in [0.717, 1.165) is 35.8 Å². The molecule has 0 radical (unpaired) electrons. The first-order valence-corrected chi connectivity index (χ1v) is 8.22. The van der Waals surface area contributed by atoms with Crippen LogP contribution in [-0.2, 0) is 17.9 Å². The van der Waals surface area contributed by atoms with Gasteiger partial charge >= 0.3 is 0 Å². The van der Waals surface area contributed by atoms with E-state index in [4.69, 9.17) is 5.73 Å². The van der Waals surface area contributed by atoms with E-state index in [9.17, 15) is 4.79 Å². The van der Waals surface area contributed by atoms with E-state index >= 15 is 0 Å². The van der Waals surface area contributed by atoms with Crippen molar-refractivity contribution < 1.29 is 4.79 Å². The molecule has 0 aliphatic heterocycles. The summed E-state index contributed by atoms with van der Waals surface area (Å²) < 4.78 is 0. The van der Waals surface area contributed by atoms with Gasteiger partial charge in [0.05, 0.1) is 0 Å². The van der Waals surface area contributed by atoms with Crippen molar-refractivity contribution in [2.75, 3.05) is 7.05 Å². The molecule has 2 N–H and O–H groups in total. The summed E-state index contributed by atoms with van der Waals surface area (Å²) in [5.41, 5.74) is 7.95. The summed E-state index contributed by atoms with van der Waals surface area (Å²) in [6.07, 6.45) is 4.16. The Bertz CT molecular complexity index is 537. The summed E-state index contributed by atoms with van der Waals surface area (Å²) in [4.78, 5) is 14.6. The van der Waals surface area contributed by atoms with Gasteiger partial charge in [-0.15, -0.1) is 0 Å². The van der Waals surface area contributed by atoms with Crippen LogP contribution in [0.15, 0.2) is 24.3 Å². The van der Waals surface area contributed by atoms with E-state index < -0.39 is 0 Å². The third-order valence-electron chi connectivity index (χ3n) is 6.08.